The molecule has 23 heavy (non-hydrogen) atoms. The van der Waals surface area contributed by atoms with Gasteiger partial charge in [0, 0.05) is 5.69 Å². The van der Waals surface area contributed by atoms with E-state index in [4.69, 9.17) is 0 Å². The Hall–Kier alpha value is -2.49. The number of fused-ring (bicyclic) bond motifs is 1. The molecule has 0 atom stereocenters. The molecule has 6 nitrogen and oxygen atoms in total. The average Bonchev–Trinajstić information content (AvgIpc) is 3.00. The fourth-order valence-corrected chi connectivity index (χ4v) is 2.75. The molecule has 2 heterocycles. The molecule has 1 amide bonds. The van der Waals surface area contributed by atoms with Crippen LogP contribution in [0.1, 0.15) is 26.8 Å². The minimum Gasteiger partial charge on any atom is -0.320 e. The number of halogens is 3. The highest BCUT2D eigenvalue weighted by Gasteiger charge is 2.38. The van der Waals surface area contributed by atoms with Crippen LogP contribution in [0.2, 0.25) is 0 Å². The lowest BCUT2D eigenvalue weighted by molar-refractivity contribution is -0.146. The summed E-state index contributed by atoms with van der Waals surface area (Å²) in [4.78, 5) is 12.1. The molecule has 0 aliphatic carbocycles. The van der Waals surface area contributed by atoms with E-state index in [9.17, 15) is 18.0 Å². The van der Waals surface area contributed by atoms with Gasteiger partial charge in [-0.1, -0.05) is 29.0 Å². The molecule has 3 rings (SSSR count). The zero-order valence-corrected chi connectivity index (χ0v) is 12.8. The number of rotatable bonds is 2. The smallest absolute Gasteiger partial charge is 0.320 e. The van der Waals surface area contributed by atoms with Gasteiger partial charge in [-0.2, -0.15) is 17.7 Å². The third-order valence-electron chi connectivity index (χ3n) is 3.07. The molecule has 10 heteroatoms. The van der Waals surface area contributed by atoms with Crippen molar-refractivity contribution >= 4 is 27.9 Å². The van der Waals surface area contributed by atoms with E-state index >= 15 is 0 Å². The third kappa shape index (κ3) is 2.89. The van der Waals surface area contributed by atoms with E-state index in [0.29, 0.717) is 10.2 Å². The number of aromatic nitrogens is 4. The summed E-state index contributed by atoms with van der Waals surface area (Å²) in [5.74, 6) is -1.85. The van der Waals surface area contributed by atoms with Crippen molar-refractivity contribution in [3.05, 3.63) is 40.2 Å². The lowest BCUT2D eigenvalue weighted by Crippen LogP contribution is -2.15. The van der Waals surface area contributed by atoms with Gasteiger partial charge in [-0.3, -0.25) is 4.79 Å². The standard InChI is InChI=1S/C13H10F3N5OS/c1-6-3-4-8(7(2)5-6)17-9(22)10-20-21-11(13(14,15)16)18-19-12(21)23-10/h3-5H,1-2H3,(H,17,22). The second kappa shape index (κ2) is 5.30. The van der Waals surface area contributed by atoms with Crippen LogP contribution in [0, 0.1) is 13.8 Å². The van der Waals surface area contributed by atoms with Crippen molar-refractivity contribution < 1.29 is 18.0 Å². The zero-order valence-electron chi connectivity index (χ0n) is 12.0. The molecule has 0 bridgehead atoms. The molecular formula is C13H10F3N5OS. The first-order chi connectivity index (χ1) is 10.8. The lowest BCUT2D eigenvalue weighted by atomic mass is 10.1. The van der Waals surface area contributed by atoms with Crippen molar-refractivity contribution in [3.8, 4) is 0 Å². The van der Waals surface area contributed by atoms with Crippen LogP contribution < -0.4 is 5.32 Å². The minimum atomic E-state index is -4.69. The summed E-state index contributed by atoms with van der Waals surface area (Å²) in [6, 6.07) is 5.43. The fourth-order valence-electron chi connectivity index (χ4n) is 2.02. The number of amides is 1. The van der Waals surface area contributed by atoms with Crippen LogP contribution in [-0.2, 0) is 6.18 Å². The number of carbonyl (C=O) groups is 1. The summed E-state index contributed by atoms with van der Waals surface area (Å²) in [5, 5.41) is 12.6. The molecule has 2 aromatic heterocycles. The van der Waals surface area contributed by atoms with Crippen molar-refractivity contribution in [2.75, 3.05) is 5.32 Å². The van der Waals surface area contributed by atoms with Crippen LogP contribution in [-0.4, -0.2) is 25.7 Å². The molecule has 0 fully saturated rings. The number of hydrogen-bond donors (Lipinski definition) is 1. The highest BCUT2D eigenvalue weighted by Crippen LogP contribution is 2.29. The maximum Gasteiger partial charge on any atom is 0.453 e. The first-order valence-electron chi connectivity index (χ1n) is 6.44. The maximum atomic E-state index is 12.7. The van der Waals surface area contributed by atoms with Crippen LogP contribution >= 0.6 is 11.3 Å². The van der Waals surface area contributed by atoms with Gasteiger partial charge < -0.3 is 5.32 Å². The van der Waals surface area contributed by atoms with Crippen molar-refractivity contribution in [3.63, 3.8) is 0 Å². The van der Waals surface area contributed by atoms with Crippen LogP contribution in [0.5, 0.6) is 0 Å². The van der Waals surface area contributed by atoms with E-state index in [2.05, 4.69) is 20.6 Å². The molecule has 0 radical (unpaired) electrons. The molecule has 0 aliphatic heterocycles. The third-order valence-corrected chi connectivity index (χ3v) is 3.97. The Bertz CT molecular complexity index is 899. The monoisotopic (exact) mass is 341 g/mol. The summed E-state index contributed by atoms with van der Waals surface area (Å²) in [6.45, 7) is 3.74. The van der Waals surface area contributed by atoms with Crippen molar-refractivity contribution in [1.29, 1.82) is 0 Å². The van der Waals surface area contributed by atoms with E-state index in [0.717, 1.165) is 22.5 Å². The van der Waals surface area contributed by atoms with Gasteiger partial charge in [0.1, 0.15) is 0 Å². The number of carbonyl (C=O) groups excluding carboxylic acids is 1. The number of nitrogens with one attached hydrogen (secondary N) is 1. The van der Waals surface area contributed by atoms with E-state index < -0.39 is 17.9 Å². The second-order valence-electron chi connectivity index (χ2n) is 4.90. The summed E-state index contributed by atoms with van der Waals surface area (Å²) < 4.78 is 38.7. The molecule has 120 valence electrons. The molecule has 0 unspecified atom stereocenters. The van der Waals surface area contributed by atoms with Gasteiger partial charge in [-0.25, -0.2) is 0 Å². The highest BCUT2D eigenvalue weighted by molar-refractivity contribution is 7.18. The molecule has 1 aromatic carbocycles. The van der Waals surface area contributed by atoms with Crippen LogP contribution in [0.15, 0.2) is 18.2 Å². The molecule has 0 spiro atoms. The topological polar surface area (TPSA) is 72.2 Å². The summed E-state index contributed by atoms with van der Waals surface area (Å²) in [6.07, 6.45) is -4.69. The molecule has 0 saturated carbocycles. The second-order valence-corrected chi connectivity index (χ2v) is 5.85. The van der Waals surface area contributed by atoms with E-state index in [1.165, 1.54) is 0 Å². The van der Waals surface area contributed by atoms with Gasteiger partial charge in [0.15, 0.2) is 0 Å². The Labute approximate surface area is 132 Å². The SMILES string of the molecule is Cc1ccc(NC(=O)c2nn3c(C(F)(F)F)nnc3s2)c(C)c1. The van der Waals surface area contributed by atoms with Crippen LogP contribution in [0.4, 0.5) is 18.9 Å². The molecule has 0 aliphatic rings. The number of aryl methyl sites for hydroxylation is 2. The lowest BCUT2D eigenvalue weighted by Gasteiger charge is -2.07. The van der Waals surface area contributed by atoms with Gasteiger partial charge in [-0.15, -0.1) is 15.3 Å². The van der Waals surface area contributed by atoms with Gasteiger partial charge >= 0.3 is 6.18 Å². The molecule has 0 saturated heterocycles. The Morgan fingerprint density at radius 1 is 1.26 bits per heavy atom. The predicted octanol–water partition coefficient (Wildman–Crippen LogP) is 3.07. The van der Waals surface area contributed by atoms with E-state index in [-0.39, 0.29) is 9.97 Å². The van der Waals surface area contributed by atoms with Gasteiger partial charge in [0.2, 0.25) is 9.97 Å². The minimum absolute atomic E-state index is 0.0943. The van der Waals surface area contributed by atoms with E-state index in [1.807, 2.05) is 26.0 Å². The summed E-state index contributed by atoms with van der Waals surface area (Å²) >= 11 is 0.737. The molecule has 1 N–H and O–H groups in total. The number of hydrogen-bond acceptors (Lipinski definition) is 5. The van der Waals surface area contributed by atoms with E-state index in [1.54, 1.807) is 6.07 Å². The first-order valence-corrected chi connectivity index (χ1v) is 7.25. The Balaban J connectivity index is 1.91. The number of alkyl halides is 3. The fraction of sp³-hybridized carbons (Fsp3) is 0.231. The molecule has 3 aromatic rings. The average molecular weight is 341 g/mol. The quantitative estimate of drug-likeness (QED) is 0.777. The maximum absolute atomic E-state index is 12.7. The summed E-state index contributed by atoms with van der Waals surface area (Å²) in [5.41, 5.74) is 2.45. The number of benzene rings is 1. The Morgan fingerprint density at radius 3 is 2.65 bits per heavy atom. The predicted molar refractivity (Wildman–Crippen MR) is 77.5 cm³/mol. The van der Waals surface area contributed by atoms with Gasteiger partial charge in [-0.05, 0) is 25.5 Å². The van der Waals surface area contributed by atoms with Crippen molar-refractivity contribution in [1.82, 2.24) is 19.8 Å². The normalized spacial score (nSPS) is 11.9. The van der Waals surface area contributed by atoms with Crippen molar-refractivity contribution in [2.24, 2.45) is 0 Å². The number of anilines is 1. The first kappa shape index (κ1) is 15.4. The van der Waals surface area contributed by atoms with Gasteiger partial charge in [0.25, 0.3) is 11.7 Å². The Morgan fingerprint density at radius 2 is 2.00 bits per heavy atom. The summed E-state index contributed by atoms with van der Waals surface area (Å²) in [7, 11) is 0. The number of nitrogens with zero attached hydrogens (tertiary/aromatic N) is 4. The largest absolute Gasteiger partial charge is 0.453 e. The van der Waals surface area contributed by atoms with Crippen LogP contribution in [0.3, 0.4) is 0 Å². The van der Waals surface area contributed by atoms with Crippen LogP contribution in [0.25, 0.3) is 4.96 Å². The zero-order chi connectivity index (χ0) is 16.8. The molecular weight excluding hydrogens is 331 g/mol. The van der Waals surface area contributed by atoms with Crippen molar-refractivity contribution in [2.45, 2.75) is 20.0 Å². The highest BCUT2D eigenvalue weighted by atomic mass is 32.1. The van der Waals surface area contributed by atoms with Gasteiger partial charge in [0.05, 0.1) is 0 Å². The Kier molecular flexibility index (Phi) is 3.55.